The number of esters is 1. The summed E-state index contributed by atoms with van der Waals surface area (Å²) >= 11 is 0. The molecule has 0 atom stereocenters. The molecule has 1 aromatic heterocycles. The topological polar surface area (TPSA) is 94.9 Å². The lowest BCUT2D eigenvalue weighted by Crippen LogP contribution is -2.40. The first kappa shape index (κ1) is 26.8. The number of sulfonamides is 1. The zero-order valence-electron chi connectivity index (χ0n) is 21.4. The lowest BCUT2D eigenvalue weighted by molar-refractivity contribution is -0.143. The second kappa shape index (κ2) is 11.4. The largest absolute Gasteiger partial charge is 0.465 e. The molecule has 8 nitrogen and oxygen atoms in total. The molecule has 1 fully saturated rings. The first-order chi connectivity index (χ1) is 17.8. The molecule has 0 bridgehead atoms. The number of rotatable bonds is 9. The van der Waals surface area contributed by atoms with Crippen molar-refractivity contribution in [2.24, 2.45) is 0 Å². The van der Waals surface area contributed by atoms with E-state index in [1.54, 1.807) is 35.8 Å². The summed E-state index contributed by atoms with van der Waals surface area (Å²) in [6.07, 6.45) is 0.218. The van der Waals surface area contributed by atoms with E-state index in [0.29, 0.717) is 48.7 Å². The first-order valence-electron chi connectivity index (χ1n) is 12.4. The fraction of sp³-hybridized carbons (Fsp3) is 0.357. The number of aromatic nitrogens is 1. The van der Waals surface area contributed by atoms with Gasteiger partial charge in [0.1, 0.15) is 6.54 Å². The molecule has 37 heavy (non-hydrogen) atoms. The molecule has 196 valence electrons. The molecule has 1 aliphatic heterocycles. The number of nitrogens with zero attached hydrogens (tertiary/aromatic N) is 2. The minimum atomic E-state index is -3.75. The number of carbonyl (C=O) groups excluding carboxylic acids is 2. The highest BCUT2D eigenvalue weighted by molar-refractivity contribution is 7.89. The van der Waals surface area contributed by atoms with Crippen LogP contribution in [0.5, 0.6) is 0 Å². The van der Waals surface area contributed by atoms with E-state index < -0.39 is 16.0 Å². The van der Waals surface area contributed by atoms with Gasteiger partial charge in [0.2, 0.25) is 10.0 Å². The monoisotopic (exact) mass is 524 g/mol. The number of Topliss-reactive ketones (excluding diaryl/α,β-unsaturated/α-hetero) is 1. The van der Waals surface area contributed by atoms with Crippen molar-refractivity contribution in [2.45, 2.75) is 38.6 Å². The van der Waals surface area contributed by atoms with Crippen molar-refractivity contribution in [3.8, 4) is 11.3 Å². The number of benzene rings is 2. The molecule has 0 radical (unpaired) electrons. The number of hydrogen-bond acceptors (Lipinski definition) is 6. The fourth-order valence-corrected chi connectivity index (χ4v) is 6.46. The minimum absolute atomic E-state index is 0.0576. The molecule has 1 saturated heterocycles. The van der Waals surface area contributed by atoms with E-state index in [9.17, 15) is 18.0 Å². The average molecular weight is 525 g/mol. The Hall–Kier alpha value is -3.27. The van der Waals surface area contributed by atoms with Crippen molar-refractivity contribution >= 4 is 21.8 Å². The molecule has 9 heteroatoms. The third kappa shape index (κ3) is 5.53. The van der Waals surface area contributed by atoms with Gasteiger partial charge in [-0.3, -0.25) is 9.59 Å². The van der Waals surface area contributed by atoms with Crippen LogP contribution in [0.25, 0.3) is 11.3 Å². The first-order valence-corrected chi connectivity index (χ1v) is 13.8. The van der Waals surface area contributed by atoms with Crippen LogP contribution >= 0.6 is 0 Å². The highest BCUT2D eigenvalue weighted by atomic mass is 32.2. The molecule has 1 aliphatic rings. The van der Waals surface area contributed by atoms with Gasteiger partial charge in [0.05, 0.1) is 30.4 Å². The van der Waals surface area contributed by atoms with E-state index in [2.05, 4.69) is 0 Å². The Labute approximate surface area is 217 Å². The summed E-state index contributed by atoms with van der Waals surface area (Å²) < 4.78 is 40.9. The Balaban J connectivity index is 1.87. The van der Waals surface area contributed by atoms with Gasteiger partial charge in [0, 0.05) is 30.8 Å². The van der Waals surface area contributed by atoms with E-state index in [1.807, 2.05) is 37.3 Å². The molecule has 0 unspecified atom stereocenters. The fourth-order valence-electron chi connectivity index (χ4n) is 4.83. The van der Waals surface area contributed by atoms with E-state index in [1.165, 1.54) is 11.2 Å². The van der Waals surface area contributed by atoms with Crippen LogP contribution in [0, 0.1) is 6.92 Å². The van der Waals surface area contributed by atoms with Crippen molar-refractivity contribution in [3.63, 3.8) is 0 Å². The molecule has 0 spiro atoms. The summed E-state index contributed by atoms with van der Waals surface area (Å²) in [5, 5.41) is 0. The van der Waals surface area contributed by atoms with Gasteiger partial charge < -0.3 is 14.0 Å². The van der Waals surface area contributed by atoms with Gasteiger partial charge in [0.15, 0.2) is 5.78 Å². The van der Waals surface area contributed by atoms with Gasteiger partial charge in [-0.2, -0.15) is 4.31 Å². The zero-order valence-corrected chi connectivity index (χ0v) is 22.2. The molecule has 0 saturated carbocycles. The van der Waals surface area contributed by atoms with Crippen molar-refractivity contribution in [1.82, 2.24) is 8.87 Å². The summed E-state index contributed by atoms with van der Waals surface area (Å²) in [5.74, 6) is -0.567. The molecule has 0 amide bonds. The Bertz CT molecular complexity index is 1390. The summed E-state index contributed by atoms with van der Waals surface area (Å²) in [6, 6.07) is 16.3. The predicted molar refractivity (Wildman–Crippen MR) is 140 cm³/mol. The SMILES string of the molecule is CCOC(=O)Cn1c(C)c(Cc2ccccc2S(=O)(=O)N2CCOCC2)c(C(C)=O)c1-c1ccccc1. The van der Waals surface area contributed by atoms with Crippen LogP contribution < -0.4 is 0 Å². The molecular weight excluding hydrogens is 492 g/mol. The number of morpholine rings is 1. The van der Waals surface area contributed by atoms with Crippen LogP contribution in [0.3, 0.4) is 0 Å². The molecular formula is C28H32N2O6S. The maximum absolute atomic E-state index is 13.6. The van der Waals surface area contributed by atoms with E-state index in [0.717, 1.165) is 11.3 Å². The van der Waals surface area contributed by atoms with Crippen molar-refractivity contribution < 1.29 is 27.5 Å². The van der Waals surface area contributed by atoms with Gasteiger partial charge in [0.25, 0.3) is 0 Å². The van der Waals surface area contributed by atoms with Gasteiger partial charge in [-0.25, -0.2) is 8.42 Å². The number of ether oxygens (including phenoxy) is 2. The van der Waals surface area contributed by atoms with E-state index >= 15 is 0 Å². The van der Waals surface area contributed by atoms with Crippen molar-refractivity contribution in [3.05, 3.63) is 77.0 Å². The lowest BCUT2D eigenvalue weighted by atomic mass is 9.96. The van der Waals surface area contributed by atoms with Crippen LogP contribution in [-0.4, -0.2) is 62.0 Å². The summed E-state index contributed by atoms with van der Waals surface area (Å²) in [5.41, 5.74) is 3.90. The quantitative estimate of drug-likeness (QED) is 0.312. The average Bonchev–Trinajstić information content (AvgIpc) is 3.16. The van der Waals surface area contributed by atoms with Crippen molar-refractivity contribution in [2.75, 3.05) is 32.9 Å². The zero-order chi connectivity index (χ0) is 26.6. The summed E-state index contributed by atoms with van der Waals surface area (Å²) in [7, 11) is -3.75. The Morgan fingerprint density at radius 1 is 1.00 bits per heavy atom. The third-order valence-corrected chi connectivity index (χ3v) is 8.57. The van der Waals surface area contributed by atoms with Crippen molar-refractivity contribution in [1.29, 1.82) is 0 Å². The highest BCUT2D eigenvalue weighted by Gasteiger charge is 2.30. The van der Waals surface area contributed by atoms with E-state index in [4.69, 9.17) is 9.47 Å². The second-order valence-corrected chi connectivity index (χ2v) is 10.8. The summed E-state index contributed by atoms with van der Waals surface area (Å²) in [4.78, 5) is 25.8. The molecule has 2 heterocycles. The maximum atomic E-state index is 13.6. The maximum Gasteiger partial charge on any atom is 0.325 e. The van der Waals surface area contributed by atoms with Gasteiger partial charge in [-0.05, 0) is 43.5 Å². The van der Waals surface area contributed by atoms with E-state index in [-0.39, 0.29) is 30.3 Å². The molecule has 2 aromatic carbocycles. The molecule has 0 N–H and O–H groups in total. The smallest absolute Gasteiger partial charge is 0.325 e. The minimum Gasteiger partial charge on any atom is -0.465 e. The number of hydrogen-bond donors (Lipinski definition) is 0. The van der Waals surface area contributed by atoms with Gasteiger partial charge in [-0.15, -0.1) is 0 Å². The highest BCUT2D eigenvalue weighted by Crippen LogP contribution is 2.35. The van der Waals surface area contributed by atoms with Crippen LogP contribution in [0.2, 0.25) is 0 Å². The molecule has 0 aliphatic carbocycles. The number of carbonyl (C=O) groups is 2. The van der Waals surface area contributed by atoms with Gasteiger partial charge >= 0.3 is 5.97 Å². The Morgan fingerprint density at radius 2 is 1.65 bits per heavy atom. The lowest BCUT2D eigenvalue weighted by Gasteiger charge is -2.27. The van der Waals surface area contributed by atoms with Gasteiger partial charge in [-0.1, -0.05) is 48.5 Å². The third-order valence-electron chi connectivity index (χ3n) is 6.57. The molecule has 3 aromatic rings. The Morgan fingerprint density at radius 3 is 2.30 bits per heavy atom. The molecule has 4 rings (SSSR count). The van der Waals surface area contributed by atoms with Crippen LogP contribution in [0.15, 0.2) is 59.5 Å². The van der Waals surface area contributed by atoms with Crippen LogP contribution in [0.4, 0.5) is 0 Å². The number of ketones is 1. The summed E-state index contributed by atoms with van der Waals surface area (Å²) in [6.45, 7) is 6.58. The predicted octanol–water partition coefficient (Wildman–Crippen LogP) is 3.84. The van der Waals surface area contributed by atoms with Crippen LogP contribution in [-0.2, 0) is 37.3 Å². The Kier molecular flexibility index (Phi) is 8.26. The van der Waals surface area contributed by atoms with Crippen LogP contribution in [0.1, 0.15) is 41.0 Å². The normalized spacial score (nSPS) is 14.5. The second-order valence-electron chi connectivity index (χ2n) is 8.90. The standard InChI is InChI=1S/C28H32N2O6S/c1-4-36-26(32)19-30-20(2)24(27(21(3)31)28(30)22-10-6-5-7-11-22)18-23-12-8-9-13-25(23)37(33,34)29-14-16-35-17-15-29/h5-13H,4,14-19H2,1-3H3.